The number of rotatable bonds is 4. The van der Waals surface area contributed by atoms with Crippen molar-refractivity contribution < 1.29 is 14.3 Å². The Balaban J connectivity index is 2.08. The lowest BCUT2D eigenvalue weighted by Crippen LogP contribution is -2.49. The van der Waals surface area contributed by atoms with E-state index in [0.29, 0.717) is 13.2 Å². The Morgan fingerprint density at radius 2 is 2.41 bits per heavy atom. The molecule has 1 N–H and O–H groups in total. The summed E-state index contributed by atoms with van der Waals surface area (Å²) in [4.78, 5) is 14.0. The molecule has 0 saturated carbocycles. The number of hydrogen-bond acceptors (Lipinski definition) is 4. The maximum absolute atomic E-state index is 12.1. The van der Waals surface area contributed by atoms with E-state index in [0.717, 1.165) is 19.4 Å². The molecule has 0 aromatic rings. The van der Waals surface area contributed by atoms with Crippen molar-refractivity contribution in [1.29, 1.82) is 0 Å². The van der Waals surface area contributed by atoms with E-state index in [-0.39, 0.29) is 23.7 Å². The first-order chi connectivity index (χ1) is 8.12. The summed E-state index contributed by atoms with van der Waals surface area (Å²) in [7, 11) is 1.70. The Bertz CT molecular complexity index is 289. The van der Waals surface area contributed by atoms with Gasteiger partial charge in [0.2, 0.25) is 5.91 Å². The summed E-state index contributed by atoms with van der Waals surface area (Å²) in [6, 6.07) is -0.0869. The number of amides is 1. The predicted octanol–water partition coefficient (Wildman–Crippen LogP) is 0.348. The molecule has 2 aliphatic heterocycles. The molecule has 2 fully saturated rings. The van der Waals surface area contributed by atoms with Crippen LogP contribution in [0.5, 0.6) is 0 Å². The summed E-state index contributed by atoms with van der Waals surface area (Å²) in [5, 5.41) is 3.30. The van der Waals surface area contributed by atoms with E-state index < -0.39 is 0 Å². The lowest BCUT2D eigenvalue weighted by molar-refractivity contribution is -0.134. The van der Waals surface area contributed by atoms with Gasteiger partial charge in [0.15, 0.2) is 0 Å². The second-order valence-corrected chi connectivity index (χ2v) is 4.97. The smallest absolute Gasteiger partial charge is 0.240 e. The van der Waals surface area contributed by atoms with Crippen molar-refractivity contribution >= 4 is 5.91 Å². The molecule has 0 aliphatic carbocycles. The van der Waals surface area contributed by atoms with Crippen molar-refractivity contribution in [1.82, 2.24) is 10.2 Å². The molecule has 2 aliphatic rings. The minimum atomic E-state index is -0.311. The SMILES string of the molecule is CCC1NC(C)C(=O)N1CC1(OC)CCOC1. The predicted molar refractivity (Wildman–Crippen MR) is 63.6 cm³/mol. The van der Waals surface area contributed by atoms with Crippen molar-refractivity contribution in [2.24, 2.45) is 0 Å². The van der Waals surface area contributed by atoms with Crippen LogP contribution in [0.3, 0.4) is 0 Å². The number of methoxy groups -OCH3 is 1. The van der Waals surface area contributed by atoms with E-state index in [9.17, 15) is 4.79 Å². The second kappa shape index (κ2) is 4.92. The zero-order valence-corrected chi connectivity index (χ0v) is 10.9. The third-order valence-corrected chi connectivity index (χ3v) is 3.82. The fourth-order valence-corrected chi connectivity index (χ4v) is 2.63. The van der Waals surface area contributed by atoms with Crippen molar-refractivity contribution in [3.63, 3.8) is 0 Å². The third-order valence-electron chi connectivity index (χ3n) is 3.82. The summed E-state index contributed by atoms with van der Waals surface area (Å²) in [5.74, 6) is 0.167. The lowest BCUT2D eigenvalue weighted by atomic mass is 10.0. The maximum Gasteiger partial charge on any atom is 0.240 e. The van der Waals surface area contributed by atoms with Crippen molar-refractivity contribution in [3.05, 3.63) is 0 Å². The van der Waals surface area contributed by atoms with Crippen LogP contribution < -0.4 is 5.32 Å². The van der Waals surface area contributed by atoms with Gasteiger partial charge in [-0.15, -0.1) is 0 Å². The Labute approximate surface area is 102 Å². The molecule has 2 heterocycles. The van der Waals surface area contributed by atoms with E-state index in [2.05, 4.69) is 12.2 Å². The molecule has 5 heteroatoms. The molecule has 1 amide bonds. The van der Waals surface area contributed by atoms with Crippen LogP contribution in [-0.2, 0) is 14.3 Å². The van der Waals surface area contributed by atoms with Gasteiger partial charge in [-0.05, 0) is 13.3 Å². The zero-order chi connectivity index (χ0) is 12.5. The fraction of sp³-hybridized carbons (Fsp3) is 0.917. The van der Waals surface area contributed by atoms with Crippen LogP contribution in [-0.4, -0.2) is 55.5 Å². The molecule has 3 atom stereocenters. The number of carbonyl (C=O) groups excluding carboxylic acids is 1. The van der Waals surface area contributed by atoms with Gasteiger partial charge in [-0.1, -0.05) is 6.92 Å². The van der Waals surface area contributed by atoms with Gasteiger partial charge < -0.3 is 14.4 Å². The molecule has 2 rings (SSSR count). The van der Waals surface area contributed by atoms with Crippen LogP contribution in [0.4, 0.5) is 0 Å². The zero-order valence-electron chi connectivity index (χ0n) is 10.9. The minimum absolute atomic E-state index is 0.0869. The van der Waals surface area contributed by atoms with Crippen LogP contribution >= 0.6 is 0 Å². The van der Waals surface area contributed by atoms with Crippen LogP contribution in [0.2, 0.25) is 0 Å². The summed E-state index contributed by atoms with van der Waals surface area (Å²) in [6.45, 7) is 5.92. The molecule has 0 radical (unpaired) electrons. The average Bonchev–Trinajstić information content (AvgIpc) is 2.90. The maximum atomic E-state index is 12.1. The first-order valence-corrected chi connectivity index (χ1v) is 6.31. The first-order valence-electron chi connectivity index (χ1n) is 6.31. The van der Waals surface area contributed by atoms with Crippen molar-refractivity contribution in [3.8, 4) is 0 Å². The Kier molecular flexibility index (Phi) is 3.70. The minimum Gasteiger partial charge on any atom is -0.378 e. The second-order valence-electron chi connectivity index (χ2n) is 4.97. The highest BCUT2D eigenvalue weighted by atomic mass is 16.5. The molecular weight excluding hydrogens is 220 g/mol. The normalized spacial score (nSPS) is 38.1. The van der Waals surface area contributed by atoms with Gasteiger partial charge in [0, 0.05) is 20.1 Å². The standard InChI is InChI=1S/C12H22N2O3/c1-4-10-13-9(2)11(15)14(10)7-12(16-3)5-6-17-8-12/h9-10,13H,4-8H2,1-3H3. The van der Waals surface area contributed by atoms with Gasteiger partial charge in [-0.3, -0.25) is 10.1 Å². The van der Waals surface area contributed by atoms with E-state index in [1.54, 1.807) is 7.11 Å². The Morgan fingerprint density at radius 1 is 1.65 bits per heavy atom. The average molecular weight is 242 g/mol. The van der Waals surface area contributed by atoms with E-state index in [1.165, 1.54) is 0 Å². The van der Waals surface area contributed by atoms with Crippen molar-refractivity contribution in [2.45, 2.75) is 44.5 Å². The lowest BCUT2D eigenvalue weighted by Gasteiger charge is -2.33. The number of hydrogen-bond donors (Lipinski definition) is 1. The van der Waals surface area contributed by atoms with Gasteiger partial charge in [-0.2, -0.15) is 0 Å². The largest absolute Gasteiger partial charge is 0.378 e. The van der Waals surface area contributed by atoms with Gasteiger partial charge in [0.05, 0.1) is 25.4 Å². The van der Waals surface area contributed by atoms with E-state index in [4.69, 9.17) is 9.47 Å². The van der Waals surface area contributed by atoms with Gasteiger partial charge in [0.1, 0.15) is 5.60 Å². The molecule has 2 saturated heterocycles. The molecular formula is C12H22N2O3. The Morgan fingerprint density at radius 3 is 2.94 bits per heavy atom. The molecule has 17 heavy (non-hydrogen) atoms. The van der Waals surface area contributed by atoms with Crippen LogP contribution in [0.25, 0.3) is 0 Å². The van der Waals surface area contributed by atoms with Gasteiger partial charge in [0.25, 0.3) is 0 Å². The van der Waals surface area contributed by atoms with Crippen molar-refractivity contribution in [2.75, 3.05) is 26.9 Å². The fourth-order valence-electron chi connectivity index (χ4n) is 2.63. The molecule has 0 bridgehead atoms. The quantitative estimate of drug-likeness (QED) is 0.773. The summed E-state index contributed by atoms with van der Waals surface area (Å²) < 4.78 is 11.0. The van der Waals surface area contributed by atoms with Crippen LogP contribution in [0, 0.1) is 0 Å². The summed E-state index contributed by atoms with van der Waals surface area (Å²) >= 11 is 0. The first kappa shape index (κ1) is 12.8. The molecule has 3 unspecified atom stereocenters. The topological polar surface area (TPSA) is 50.8 Å². The van der Waals surface area contributed by atoms with E-state index >= 15 is 0 Å². The van der Waals surface area contributed by atoms with Gasteiger partial charge >= 0.3 is 0 Å². The Hall–Kier alpha value is -0.650. The molecule has 0 aromatic carbocycles. The number of carbonyl (C=O) groups is 1. The summed E-state index contributed by atoms with van der Waals surface area (Å²) in [5.41, 5.74) is -0.311. The number of ether oxygens (including phenoxy) is 2. The highest BCUT2D eigenvalue weighted by Gasteiger charge is 2.43. The molecule has 98 valence electrons. The molecule has 0 spiro atoms. The highest BCUT2D eigenvalue weighted by Crippen LogP contribution is 2.26. The van der Waals surface area contributed by atoms with Crippen LogP contribution in [0.1, 0.15) is 26.7 Å². The van der Waals surface area contributed by atoms with Gasteiger partial charge in [-0.25, -0.2) is 0 Å². The number of nitrogens with zero attached hydrogens (tertiary/aromatic N) is 1. The molecule has 5 nitrogen and oxygen atoms in total. The highest BCUT2D eigenvalue weighted by molar-refractivity contribution is 5.84. The monoisotopic (exact) mass is 242 g/mol. The van der Waals surface area contributed by atoms with Crippen LogP contribution in [0.15, 0.2) is 0 Å². The molecule has 0 aromatic heterocycles. The number of nitrogens with one attached hydrogen (secondary N) is 1. The summed E-state index contributed by atoms with van der Waals surface area (Å²) in [6.07, 6.45) is 1.90. The third kappa shape index (κ3) is 2.32. The van der Waals surface area contributed by atoms with E-state index in [1.807, 2.05) is 11.8 Å².